The second-order valence-electron chi connectivity index (χ2n) is 7.35. The minimum Gasteiger partial charge on any atom is -0.465 e. The number of carbonyl (C=O) groups excluding carboxylic acids is 2. The summed E-state index contributed by atoms with van der Waals surface area (Å²) in [7, 11) is 2.68. The van der Waals surface area contributed by atoms with Crippen molar-refractivity contribution in [1.82, 2.24) is 14.1 Å². The molecule has 9 nitrogen and oxygen atoms in total. The summed E-state index contributed by atoms with van der Waals surface area (Å²) >= 11 is 3.32. The Morgan fingerprint density at radius 3 is 2.65 bits per heavy atom. The molecule has 1 fully saturated rings. The van der Waals surface area contributed by atoms with Crippen LogP contribution in [0.2, 0.25) is 0 Å². The lowest BCUT2D eigenvalue weighted by atomic mass is 10.1. The highest BCUT2D eigenvalue weighted by atomic mass is 79.9. The largest absolute Gasteiger partial charge is 0.465 e. The second-order valence-corrected chi connectivity index (χ2v) is 8.27. The third-order valence-corrected chi connectivity index (χ3v) is 5.62. The Hall–Kier alpha value is -3.27. The van der Waals surface area contributed by atoms with E-state index in [0.29, 0.717) is 11.4 Å². The average molecular weight is 487 g/mol. The molecule has 2 heterocycles. The number of ether oxygens (including phenoxy) is 1. The molecule has 31 heavy (non-hydrogen) atoms. The van der Waals surface area contributed by atoms with Crippen LogP contribution in [0.4, 0.5) is 5.69 Å². The predicted octanol–water partition coefficient (Wildman–Crippen LogP) is 2.16. The summed E-state index contributed by atoms with van der Waals surface area (Å²) in [6.07, 6.45) is 1.86. The Morgan fingerprint density at radius 2 is 2.00 bits per heavy atom. The molecule has 4 rings (SSSR count). The number of anilines is 1. The van der Waals surface area contributed by atoms with Gasteiger partial charge in [0.15, 0.2) is 0 Å². The molecule has 0 saturated heterocycles. The van der Waals surface area contributed by atoms with E-state index in [9.17, 15) is 19.2 Å². The Morgan fingerprint density at radius 1 is 1.26 bits per heavy atom. The number of methoxy groups -OCH3 is 1. The summed E-state index contributed by atoms with van der Waals surface area (Å²) in [5, 5.41) is 2.60. The first kappa shape index (κ1) is 21.0. The molecule has 0 spiro atoms. The van der Waals surface area contributed by atoms with E-state index in [1.807, 2.05) is 0 Å². The number of nitrogens with zero attached hydrogens (tertiary/aromatic N) is 3. The van der Waals surface area contributed by atoms with E-state index in [1.165, 1.54) is 18.7 Å². The van der Waals surface area contributed by atoms with Gasteiger partial charge in [-0.1, -0.05) is 22.0 Å². The maximum Gasteiger partial charge on any atom is 0.338 e. The molecule has 0 unspecified atom stereocenters. The molecule has 1 amide bonds. The van der Waals surface area contributed by atoms with Crippen molar-refractivity contribution in [1.29, 1.82) is 0 Å². The van der Waals surface area contributed by atoms with E-state index < -0.39 is 29.7 Å². The van der Waals surface area contributed by atoms with Crippen LogP contribution in [-0.2, 0) is 23.1 Å². The summed E-state index contributed by atoms with van der Waals surface area (Å²) in [4.78, 5) is 55.5. The zero-order chi connectivity index (χ0) is 22.3. The lowest BCUT2D eigenvalue weighted by molar-refractivity contribution is -0.116. The Labute approximate surface area is 184 Å². The van der Waals surface area contributed by atoms with E-state index in [-0.39, 0.29) is 22.5 Å². The minimum absolute atomic E-state index is 0.0381. The van der Waals surface area contributed by atoms with Gasteiger partial charge in [-0.05, 0) is 37.1 Å². The van der Waals surface area contributed by atoms with Gasteiger partial charge in [0, 0.05) is 28.8 Å². The van der Waals surface area contributed by atoms with Gasteiger partial charge in [-0.25, -0.2) is 14.6 Å². The number of hydrogen-bond donors (Lipinski definition) is 1. The van der Waals surface area contributed by atoms with E-state index in [1.54, 1.807) is 30.3 Å². The van der Waals surface area contributed by atoms with Crippen molar-refractivity contribution >= 4 is 44.5 Å². The first-order chi connectivity index (χ1) is 14.8. The number of aromatic nitrogens is 3. The highest BCUT2D eigenvalue weighted by molar-refractivity contribution is 9.10. The van der Waals surface area contributed by atoms with Crippen LogP contribution in [0.1, 0.15) is 34.8 Å². The van der Waals surface area contributed by atoms with Crippen LogP contribution in [0, 0.1) is 0 Å². The number of amides is 1. The summed E-state index contributed by atoms with van der Waals surface area (Å²) < 4.78 is 7.59. The first-order valence-electron chi connectivity index (χ1n) is 9.58. The number of benzene rings is 1. The van der Waals surface area contributed by atoms with Gasteiger partial charge < -0.3 is 10.1 Å². The van der Waals surface area contributed by atoms with Crippen molar-refractivity contribution in [2.75, 3.05) is 12.4 Å². The molecule has 0 aliphatic heterocycles. The molecule has 160 valence electrons. The number of carbonyl (C=O) groups is 2. The van der Waals surface area contributed by atoms with Gasteiger partial charge in [-0.15, -0.1) is 0 Å². The van der Waals surface area contributed by atoms with Gasteiger partial charge in [0.1, 0.15) is 12.2 Å². The number of fused-ring (bicyclic) bond motifs is 1. The molecule has 1 aliphatic carbocycles. The molecule has 0 bridgehead atoms. The summed E-state index contributed by atoms with van der Waals surface area (Å²) in [6, 6.07) is 8.47. The molecule has 1 aromatic carbocycles. The molecule has 0 atom stereocenters. The molecular weight excluding hydrogens is 468 g/mol. The van der Waals surface area contributed by atoms with Crippen molar-refractivity contribution in [3.05, 3.63) is 66.9 Å². The smallest absolute Gasteiger partial charge is 0.338 e. The monoisotopic (exact) mass is 486 g/mol. The van der Waals surface area contributed by atoms with E-state index in [4.69, 9.17) is 4.74 Å². The van der Waals surface area contributed by atoms with E-state index in [2.05, 4.69) is 26.2 Å². The van der Waals surface area contributed by atoms with Crippen molar-refractivity contribution in [2.45, 2.75) is 25.3 Å². The van der Waals surface area contributed by atoms with Crippen LogP contribution < -0.4 is 16.6 Å². The van der Waals surface area contributed by atoms with Crippen molar-refractivity contribution in [3.8, 4) is 0 Å². The quantitative estimate of drug-likeness (QED) is 0.553. The van der Waals surface area contributed by atoms with Crippen LogP contribution in [0.5, 0.6) is 0 Å². The fourth-order valence-electron chi connectivity index (χ4n) is 3.41. The number of rotatable bonds is 5. The molecule has 1 saturated carbocycles. The summed E-state index contributed by atoms with van der Waals surface area (Å²) in [5.74, 6) is -1.06. The average Bonchev–Trinajstić information content (AvgIpc) is 3.59. The van der Waals surface area contributed by atoms with Crippen molar-refractivity contribution in [2.24, 2.45) is 7.05 Å². The number of esters is 1. The van der Waals surface area contributed by atoms with Gasteiger partial charge in [0.25, 0.3) is 5.56 Å². The molecule has 1 aliphatic rings. The number of nitrogens with one attached hydrogen (secondary N) is 1. The number of halogens is 1. The fourth-order valence-corrected chi connectivity index (χ4v) is 3.81. The van der Waals surface area contributed by atoms with Gasteiger partial charge in [0.2, 0.25) is 5.91 Å². The molecule has 10 heteroatoms. The molecule has 3 aromatic rings. The predicted molar refractivity (Wildman–Crippen MR) is 117 cm³/mol. The first-order valence-corrected chi connectivity index (χ1v) is 10.4. The van der Waals surface area contributed by atoms with Gasteiger partial charge >= 0.3 is 11.7 Å². The second kappa shape index (κ2) is 8.10. The third kappa shape index (κ3) is 4.02. The van der Waals surface area contributed by atoms with Crippen molar-refractivity contribution < 1.29 is 14.3 Å². The van der Waals surface area contributed by atoms with Crippen LogP contribution in [0.3, 0.4) is 0 Å². The lowest BCUT2D eigenvalue weighted by Crippen LogP contribution is -2.42. The fraction of sp³-hybridized carbons (Fsp3) is 0.286. The summed E-state index contributed by atoms with van der Waals surface area (Å²) in [6.45, 7) is -0.515. The molecule has 1 N–H and O–H groups in total. The van der Waals surface area contributed by atoms with Gasteiger partial charge in [0.05, 0.1) is 18.1 Å². The number of pyridine rings is 1. The number of aryl methyl sites for hydroxylation is 1. The summed E-state index contributed by atoms with van der Waals surface area (Å²) in [5.41, 5.74) is -0.168. The highest BCUT2D eigenvalue weighted by Gasteiger charge is 2.29. The lowest BCUT2D eigenvalue weighted by Gasteiger charge is -2.13. The zero-order valence-corrected chi connectivity index (χ0v) is 18.4. The van der Waals surface area contributed by atoms with Crippen LogP contribution in [0.15, 0.2) is 44.4 Å². The Bertz CT molecular complexity index is 1340. The normalized spacial score (nSPS) is 13.3. The minimum atomic E-state index is -0.766. The SMILES string of the molecule is COC(=O)c1cc(C2CC2)nc2c1c(=O)n(CC(=O)Nc1cccc(Br)c1)c(=O)n2C. The van der Waals surface area contributed by atoms with Gasteiger partial charge in [-0.2, -0.15) is 0 Å². The van der Waals surface area contributed by atoms with Crippen molar-refractivity contribution in [3.63, 3.8) is 0 Å². The zero-order valence-electron chi connectivity index (χ0n) is 16.8. The third-order valence-electron chi connectivity index (χ3n) is 5.13. The standard InChI is InChI=1S/C21H19BrN4O5/c1-25-18-17(14(20(29)31-2)9-15(24-18)11-6-7-11)19(28)26(21(25)30)10-16(27)23-13-5-3-4-12(22)8-13/h3-5,8-9,11H,6-7,10H2,1-2H3,(H,23,27). The molecule has 2 aromatic heterocycles. The van der Waals surface area contributed by atoms with E-state index >= 15 is 0 Å². The topological polar surface area (TPSA) is 112 Å². The maximum absolute atomic E-state index is 13.2. The van der Waals surface area contributed by atoms with Gasteiger partial charge in [-0.3, -0.25) is 18.7 Å². The van der Waals surface area contributed by atoms with Crippen LogP contribution >= 0.6 is 15.9 Å². The van der Waals surface area contributed by atoms with E-state index in [0.717, 1.165) is 21.9 Å². The molecule has 0 radical (unpaired) electrons. The maximum atomic E-state index is 13.2. The van der Waals surface area contributed by atoms with Crippen LogP contribution in [-0.4, -0.2) is 33.1 Å². The highest BCUT2D eigenvalue weighted by Crippen LogP contribution is 2.39. The van der Waals surface area contributed by atoms with Crippen LogP contribution in [0.25, 0.3) is 11.0 Å². The Balaban J connectivity index is 1.82. The Kier molecular flexibility index (Phi) is 5.48. The molecular formula is C21H19BrN4O5. The number of hydrogen-bond acceptors (Lipinski definition) is 6.